The lowest BCUT2D eigenvalue weighted by Gasteiger charge is -2.28. The van der Waals surface area contributed by atoms with E-state index in [4.69, 9.17) is 0 Å². The number of hydrogen-bond acceptors (Lipinski definition) is 4. The van der Waals surface area contributed by atoms with Crippen LogP contribution in [0.2, 0.25) is 0 Å². The van der Waals surface area contributed by atoms with Gasteiger partial charge in [0.1, 0.15) is 0 Å². The summed E-state index contributed by atoms with van der Waals surface area (Å²) in [7, 11) is 0. The summed E-state index contributed by atoms with van der Waals surface area (Å²) < 4.78 is 0. The summed E-state index contributed by atoms with van der Waals surface area (Å²) in [6, 6.07) is 11.8. The smallest absolute Gasteiger partial charge is 0.243 e. The van der Waals surface area contributed by atoms with E-state index >= 15 is 0 Å². The highest BCUT2D eigenvalue weighted by molar-refractivity contribution is 5.94. The van der Waals surface area contributed by atoms with Crippen LogP contribution in [0, 0.1) is 0 Å². The number of carbonyl (C=O) groups excluding carboxylic acids is 2. The van der Waals surface area contributed by atoms with Crippen LogP contribution >= 0.6 is 0 Å². The molecule has 6 heteroatoms. The van der Waals surface area contributed by atoms with E-state index in [2.05, 4.69) is 20.5 Å². The molecular formula is C22H28N4O2. The zero-order chi connectivity index (χ0) is 19.6. The van der Waals surface area contributed by atoms with E-state index in [0.717, 1.165) is 37.2 Å². The van der Waals surface area contributed by atoms with Crippen molar-refractivity contribution in [3.63, 3.8) is 0 Å². The second-order valence-corrected chi connectivity index (χ2v) is 7.13. The van der Waals surface area contributed by atoms with Crippen molar-refractivity contribution in [1.29, 1.82) is 0 Å². The molecule has 28 heavy (non-hydrogen) atoms. The third-order valence-corrected chi connectivity index (χ3v) is 4.91. The summed E-state index contributed by atoms with van der Waals surface area (Å²) in [5.41, 5.74) is 3.05. The van der Waals surface area contributed by atoms with Crippen LogP contribution in [-0.4, -0.2) is 36.4 Å². The van der Waals surface area contributed by atoms with Crippen LogP contribution in [0.1, 0.15) is 37.7 Å². The summed E-state index contributed by atoms with van der Waals surface area (Å²) in [6.45, 7) is 2.18. The standard InChI is InChI=1S/C22H28N4O2/c27-21(8-4-6-18-7-5-13-23-16-18)24-17-22(28)25-19-9-11-20(12-10-19)26-14-2-1-3-15-26/h5,7,9-13,16H,1-4,6,8,14-15,17H2,(H,24,27)(H,25,28). The predicted molar refractivity (Wildman–Crippen MR) is 111 cm³/mol. The molecule has 1 aliphatic rings. The topological polar surface area (TPSA) is 74.3 Å². The van der Waals surface area contributed by atoms with Gasteiger partial charge in [0.15, 0.2) is 0 Å². The average Bonchev–Trinajstić information content (AvgIpc) is 2.74. The normalized spacial score (nSPS) is 13.8. The number of hydrogen-bond donors (Lipinski definition) is 2. The van der Waals surface area contributed by atoms with Crippen molar-refractivity contribution in [2.24, 2.45) is 0 Å². The Kier molecular flexibility index (Phi) is 7.41. The van der Waals surface area contributed by atoms with Gasteiger partial charge in [-0.05, 0) is 68.0 Å². The Morgan fingerprint density at radius 2 is 1.79 bits per heavy atom. The molecule has 1 aromatic carbocycles. The van der Waals surface area contributed by atoms with Crippen LogP contribution < -0.4 is 15.5 Å². The van der Waals surface area contributed by atoms with Gasteiger partial charge >= 0.3 is 0 Å². The van der Waals surface area contributed by atoms with Crippen LogP contribution in [-0.2, 0) is 16.0 Å². The zero-order valence-corrected chi connectivity index (χ0v) is 16.2. The van der Waals surface area contributed by atoms with Crippen molar-refractivity contribution in [3.8, 4) is 0 Å². The number of aromatic nitrogens is 1. The second kappa shape index (κ2) is 10.4. The summed E-state index contributed by atoms with van der Waals surface area (Å²) in [4.78, 5) is 30.4. The van der Waals surface area contributed by atoms with Crippen molar-refractivity contribution < 1.29 is 9.59 Å². The van der Waals surface area contributed by atoms with E-state index in [1.54, 1.807) is 6.20 Å². The Balaban J connectivity index is 1.35. The number of benzene rings is 1. The van der Waals surface area contributed by atoms with E-state index in [1.807, 2.05) is 42.6 Å². The zero-order valence-electron chi connectivity index (χ0n) is 16.2. The average molecular weight is 380 g/mol. The van der Waals surface area contributed by atoms with Gasteiger partial charge in [-0.15, -0.1) is 0 Å². The van der Waals surface area contributed by atoms with Crippen LogP contribution in [0.4, 0.5) is 11.4 Å². The molecule has 0 bridgehead atoms. The minimum atomic E-state index is -0.216. The number of aryl methyl sites for hydroxylation is 1. The number of nitrogens with zero attached hydrogens (tertiary/aromatic N) is 2. The molecule has 0 radical (unpaired) electrons. The molecule has 2 heterocycles. The SMILES string of the molecule is O=C(CCCc1cccnc1)NCC(=O)Nc1ccc(N2CCCCC2)cc1. The van der Waals surface area contributed by atoms with Crippen molar-refractivity contribution in [1.82, 2.24) is 10.3 Å². The molecule has 3 rings (SSSR count). The van der Waals surface area contributed by atoms with Crippen molar-refractivity contribution >= 4 is 23.2 Å². The highest BCUT2D eigenvalue weighted by Gasteiger charge is 2.11. The largest absolute Gasteiger partial charge is 0.372 e. The highest BCUT2D eigenvalue weighted by atomic mass is 16.2. The Bertz CT molecular complexity index is 756. The molecule has 2 aromatic rings. The molecule has 148 valence electrons. The van der Waals surface area contributed by atoms with Crippen LogP contribution in [0.25, 0.3) is 0 Å². The van der Waals surface area contributed by atoms with Gasteiger partial charge in [-0.2, -0.15) is 0 Å². The van der Waals surface area contributed by atoms with Gasteiger partial charge in [-0.3, -0.25) is 14.6 Å². The quantitative estimate of drug-likeness (QED) is 0.738. The minimum Gasteiger partial charge on any atom is -0.372 e. The van der Waals surface area contributed by atoms with E-state index in [0.29, 0.717) is 6.42 Å². The summed E-state index contributed by atoms with van der Waals surface area (Å²) in [6.07, 6.45) is 9.25. The summed E-state index contributed by atoms with van der Waals surface area (Å²) >= 11 is 0. The summed E-state index contributed by atoms with van der Waals surface area (Å²) in [5, 5.41) is 5.51. The first-order chi connectivity index (χ1) is 13.7. The fourth-order valence-corrected chi connectivity index (χ4v) is 3.38. The Labute approximate surface area is 166 Å². The lowest BCUT2D eigenvalue weighted by Crippen LogP contribution is -2.32. The van der Waals surface area contributed by atoms with Gasteiger partial charge in [0.25, 0.3) is 0 Å². The maximum atomic E-state index is 12.1. The number of carbonyl (C=O) groups is 2. The van der Waals surface area contributed by atoms with Gasteiger partial charge in [-0.1, -0.05) is 6.07 Å². The second-order valence-electron chi connectivity index (χ2n) is 7.13. The van der Waals surface area contributed by atoms with E-state index < -0.39 is 0 Å². The Morgan fingerprint density at radius 3 is 2.50 bits per heavy atom. The number of piperidine rings is 1. The Morgan fingerprint density at radius 1 is 1.00 bits per heavy atom. The van der Waals surface area contributed by atoms with Gasteiger partial charge < -0.3 is 15.5 Å². The van der Waals surface area contributed by atoms with Crippen LogP contribution in [0.15, 0.2) is 48.8 Å². The molecule has 0 unspecified atom stereocenters. The molecule has 1 aromatic heterocycles. The molecule has 6 nitrogen and oxygen atoms in total. The van der Waals surface area contributed by atoms with Gasteiger partial charge in [-0.25, -0.2) is 0 Å². The maximum Gasteiger partial charge on any atom is 0.243 e. The molecule has 0 aliphatic carbocycles. The van der Waals surface area contributed by atoms with Gasteiger partial charge in [0.2, 0.25) is 11.8 Å². The molecular weight excluding hydrogens is 352 g/mol. The Hall–Kier alpha value is -2.89. The monoisotopic (exact) mass is 380 g/mol. The first-order valence-electron chi connectivity index (χ1n) is 10.0. The number of nitrogens with one attached hydrogen (secondary N) is 2. The maximum absolute atomic E-state index is 12.1. The third kappa shape index (κ3) is 6.37. The predicted octanol–water partition coefficient (Wildman–Crippen LogP) is 3.15. The third-order valence-electron chi connectivity index (χ3n) is 4.91. The molecule has 1 saturated heterocycles. The van der Waals surface area contributed by atoms with E-state index in [1.165, 1.54) is 24.9 Å². The van der Waals surface area contributed by atoms with E-state index in [-0.39, 0.29) is 18.4 Å². The molecule has 1 fully saturated rings. The van der Waals surface area contributed by atoms with Gasteiger partial charge in [0, 0.05) is 43.3 Å². The highest BCUT2D eigenvalue weighted by Crippen LogP contribution is 2.21. The van der Waals surface area contributed by atoms with E-state index in [9.17, 15) is 9.59 Å². The van der Waals surface area contributed by atoms with Crippen molar-refractivity contribution in [2.75, 3.05) is 29.9 Å². The number of pyridine rings is 1. The first-order valence-corrected chi connectivity index (χ1v) is 10.0. The summed E-state index contributed by atoms with van der Waals surface area (Å²) in [5.74, 6) is -0.328. The van der Waals surface area contributed by atoms with Crippen LogP contribution in [0.5, 0.6) is 0 Å². The minimum absolute atomic E-state index is 0.0143. The van der Waals surface area contributed by atoms with Crippen LogP contribution in [0.3, 0.4) is 0 Å². The molecule has 0 atom stereocenters. The lowest BCUT2D eigenvalue weighted by molar-refractivity contribution is -0.124. The number of rotatable bonds is 8. The molecule has 2 amide bonds. The van der Waals surface area contributed by atoms with Crippen molar-refractivity contribution in [3.05, 3.63) is 54.4 Å². The molecule has 0 spiro atoms. The molecule has 1 aliphatic heterocycles. The first kappa shape index (κ1) is 19.9. The number of amides is 2. The van der Waals surface area contributed by atoms with Crippen molar-refractivity contribution in [2.45, 2.75) is 38.5 Å². The molecule has 0 saturated carbocycles. The fraction of sp³-hybridized carbons (Fsp3) is 0.409. The number of anilines is 2. The van der Waals surface area contributed by atoms with Gasteiger partial charge in [0.05, 0.1) is 6.54 Å². The fourth-order valence-electron chi connectivity index (χ4n) is 3.38. The molecule has 2 N–H and O–H groups in total. The lowest BCUT2D eigenvalue weighted by atomic mass is 10.1.